The second kappa shape index (κ2) is 11.5. The van der Waals surface area contributed by atoms with Gasteiger partial charge < -0.3 is 9.13 Å². The molecule has 0 bridgehead atoms. The standard InChI is InChI=1S/C48H32N2/c1-4-15-33(16-5-1)38-23-14-24-39(34-17-6-2-7-18-34)48(38)35-27-29-42-43-32-37(28-30-46(43)49(47(42)31-35)36-19-8-3-9-20-36)50-44-25-12-10-21-40(44)41-22-11-13-26-45(41)50/h1-32H/i1D,2D,4D,5D,6D,7D,15D,16D,17D,18D. The van der Waals surface area contributed by atoms with Crippen LogP contribution < -0.4 is 0 Å². The Morgan fingerprint density at radius 1 is 0.340 bits per heavy atom. The minimum Gasteiger partial charge on any atom is -0.309 e. The molecular weight excluding hydrogens is 605 g/mol. The second-order valence-corrected chi connectivity index (χ2v) is 12.2. The Labute approximate surface area is 304 Å². The summed E-state index contributed by atoms with van der Waals surface area (Å²) in [6.45, 7) is 0. The lowest BCUT2D eigenvalue weighted by atomic mass is 9.87. The summed E-state index contributed by atoms with van der Waals surface area (Å²) in [5.41, 5.74) is 7.05. The maximum atomic E-state index is 8.98. The van der Waals surface area contributed by atoms with Crippen molar-refractivity contribution in [1.29, 1.82) is 0 Å². The van der Waals surface area contributed by atoms with Gasteiger partial charge in [0.1, 0.15) is 0 Å². The van der Waals surface area contributed by atoms with Gasteiger partial charge in [-0.25, -0.2) is 0 Å². The molecule has 0 saturated heterocycles. The SMILES string of the molecule is [2H]c1c([2H])c([2H])c(-c2cccc(-c3c([2H])c([2H])c([2H])c([2H])c3[2H])c2-c2ccc3c4cc(-n5c6ccccc6c6ccccc65)ccc4n(-c4ccccc4)c3c2)c([2H])c1[2H]. The van der Waals surface area contributed by atoms with Gasteiger partial charge in [-0.1, -0.05) is 145 Å². The van der Waals surface area contributed by atoms with Crippen LogP contribution in [0.4, 0.5) is 0 Å². The van der Waals surface area contributed by atoms with Crippen molar-refractivity contribution in [3.8, 4) is 44.8 Å². The van der Waals surface area contributed by atoms with Crippen molar-refractivity contribution in [2.75, 3.05) is 0 Å². The number of hydrogen-bond donors (Lipinski definition) is 0. The van der Waals surface area contributed by atoms with E-state index in [0.29, 0.717) is 11.1 Å². The Morgan fingerprint density at radius 3 is 1.52 bits per heavy atom. The van der Waals surface area contributed by atoms with Crippen LogP contribution in [0, 0.1) is 0 Å². The maximum Gasteiger partial charge on any atom is 0.0629 e. The minimum atomic E-state index is -0.536. The molecular formula is C48H32N2. The number of nitrogens with zero attached hydrogens (tertiary/aromatic N) is 2. The van der Waals surface area contributed by atoms with Gasteiger partial charge in [-0.05, 0) is 81.9 Å². The molecule has 0 aliphatic rings. The van der Waals surface area contributed by atoms with E-state index in [1.54, 1.807) is 18.2 Å². The number of fused-ring (bicyclic) bond motifs is 6. The van der Waals surface area contributed by atoms with E-state index in [2.05, 4.69) is 51.6 Å². The summed E-state index contributed by atoms with van der Waals surface area (Å²) in [6, 6.07) is 39.0. The van der Waals surface area contributed by atoms with Crippen molar-refractivity contribution in [2.24, 2.45) is 0 Å². The summed E-state index contributed by atoms with van der Waals surface area (Å²) in [5, 5.41) is 4.20. The molecule has 0 saturated carbocycles. The third kappa shape index (κ3) is 4.43. The molecule has 2 nitrogen and oxygen atoms in total. The fraction of sp³-hybridized carbons (Fsp3) is 0. The van der Waals surface area contributed by atoms with Crippen LogP contribution in [0.5, 0.6) is 0 Å². The molecule has 2 aromatic heterocycles. The molecule has 0 aliphatic carbocycles. The van der Waals surface area contributed by atoms with Crippen molar-refractivity contribution >= 4 is 43.6 Å². The predicted molar refractivity (Wildman–Crippen MR) is 211 cm³/mol. The number of rotatable bonds is 5. The monoisotopic (exact) mass is 646 g/mol. The van der Waals surface area contributed by atoms with Crippen molar-refractivity contribution in [3.63, 3.8) is 0 Å². The van der Waals surface area contributed by atoms with E-state index in [9.17, 15) is 0 Å². The molecule has 50 heavy (non-hydrogen) atoms. The van der Waals surface area contributed by atoms with Crippen molar-refractivity contribution in [1.82, 2.24) is 9.13 Å². The molecule has 8 aromatic carbocycles. The van der Waals surface area contributed by atoms with Gasteiger partial charge in [0.2, 0.25) is 0 Å². The third-order valence-electron chi connectivity index (χ3n) is 9.49. The van der Waals surface area contributed by atoms with Gasteiger partial charge >= 0.3 is 0 Å². The fourth-order valence-electron chi connectivity index (χ4n) is 7.41. The highest BCUT2D eigenvalue weighted by Gasteiger charge is 2.19. The molecule has 0 amide bonds. The van der Waals surface area contributed by atoms with Crippen molar-refractivity contribution in [3.05, 3.63) is 194 Å². The Morgan fingerprint density at radius 2 is 0.880 bits per heavy atom. The van der Waals surface area contributed by atoms with Crippen LogP contribution in [-0.4, -0.2) is 9.13 Å². The molecule has 234 valence electrons. The van der Waals surface area contributed by atoms with Gasteiger partial charge in [0.15, 0.2) is 0 Å². The smallest absolute Gasteiger partial charge is 0.0629 e. The van der Waals surface area contributed by atoms with Crippen LogP contribution in [0.3, 0.4) is 0 Å². The molecule has 0 spiro atoms. The first-order valence-electron chi connectivity index (χ1n) is 21.4. The lowest BCUT2D eigenvalue weighted by Crippen LogP contribution is -1.96. The van der Waals surface area contributed by atoms with Gasteiger partial charge in [-0.3, -0.25) is 0 Å². The molecule has 2 heterocycles. The van der Waals surface area contributed by atoms with Gasteiger partial charge in [0.05, 0.1) is 35.8 Å². The van der Waals surface area contributed by atoms with E-state index < -0.39 is 60.4 Å². The molecule has 2 heteroatoms. The topological polar surface area (TPSA) is 9.86 Å². The highest BCUT2D eigenvalue weighted by atomic mass is 15.0. The van der Waals surface area contributed by atoms with Crippen LogP contribution in [-0.2, 0) is 0 Å². The zero-order chi connectivity index (χ0) is 41.7. The van der Waals surface area contributed by atoms with Gasteiger partial charge in [0, 0.05) is 32.9 Å². The number of aromatic nitrogens is 2. The van der Waals surface area contributed by atoms with Crippen LogP contribution in [0.25, 0.3) is 88.4 Å². The predicted octanol–water partition coefficient (Wildman–Crippen LogP) is 12.9. The number of benzene rings is 8. The van der Waals surface area contributed by atoms with E-state index in [1.165, 1.54) is 0 Å². The molecule has 10 aromatic rings. The molecule has 0 fully saturated rings. The first kappa shape index (κ1) is 20.0. The summed E-state index contributed by atoms with van der Waals surface area (Å²) in [4.78, 5) is 0. The maximum absolute atomic E-state index is 8.98. The van der Waals surface area contributed by atoms with Crippen molar-refractivity contribution < 1.29 is 13.7 Å². The fourth-order valence-corrected chi connectivity index (χ4v) is 7.41. The molecule has 0 atom stereocenters. The van der Waals surface area contributed by atoms with E-state index in [1.807, 2.05) is 72.8 Å². The van der Waals surface area contributed by atoms with Gasteiger partial charge in [-0.15, -0.1) is 0 Å². The Hall–Kier alpha value is -6.64. The summed E-state index contributed by atoms with van der Waals surface area (Å²) < 4.78 is 91.1. The van der Waals surface area contributed by atoms with Gasteiger partial charge in [-0.2, -0.15) is 0 Å². The van der Waals surface area contributed by atoms with Crippen LogP contribution >= 0.6 is 0 Å². The number of hydrogen-bond acceptors (Lipinski definition) is 0. The minimum absolute atomic E-state index is 0.0651. The summed E-state index contributed by atoms with van der Waals surface area (Å²) in [7, 11) is 0. The van der Waals surface area contributed by atoms with E-state index >= 15 is 0 Å². The molecule has 0 radical (unpaired) electrons. The highest BCUT2D eigenvalue weighted by Crippen LogP contribution is 2.43. The molecule has 0 unspecified atom stereocenters. The molecule has 0 N–H and O–H groups in total. The third-order valence-corrected chi connectivity index (χ3v) is 9.49. The van der Waals surface area contributed by atoms with E-state index in [-0.39, 0.29) is 22.3 Å². The summed E-state index contributed by atoms with van der Waals surface area (Å²) >= 11 is 0. The average Bonchev–Trinajstić information content (AvgIpc) is 3.79. The lowest BCUT2D eigenvalue weighted by molar-refractivity contribution is 1.17. The van der Waals surface area contributed by atoms with Crippen LogP contribution in [0.1, 0.15) is 13.7 Å². The lowest BCUT2D eigenvalue weighted by Gasteiger charge is -2.17. The van der Waals surface area contributed by atoms with E-state index in [0.717, 1.165) is 55.0 Å². The Kier molecular flexibility index (Phi) is 4.60. The summed E-state index contributed by atoms with van der Waals surface area (Å²) in [6.07, 6.45) is 0. The second-order valence-electron chi connectivity index (χ2n) is 12.2. The van der Waals surface area contributed by atoms with E-state index in [4.69, 9.17) is 13.7 Å². The Bertz CT molecular complexity index is 3240. The normalized spacial score (nSPS) is 14.4. The van der Waals surface area contributed by atoms with Crippen LogP contribution in [0.15, 0.2) is 194 Å². The highest BCUT2D eigenvalue weighted by molar-refractivity contribution is 6.13. The quantitative estimate of drug-likeness (QED) is 0.176. The number of para-hydroxylation sites is 3. The van der Waals surface area contributed by atoms with Crippen LogP contribution in [0.2, 0.25) is 0 Å². The first-order valence-corrected chi connectivity index (χ1v) is 16.4. The molecule has 0 aliphatic heterocycles. The zero-order valence-electron chi connectivity index (χ0n) is 36.6. The largest absolute Gasteiger partial charge is 0.309 e. The van der Waals surface area contributed by atoms with Gasteiger partial charge in [0.25, 0.3) is 0 Å². The summed E-state index contributed by atoms with van der Waals surface area (Å²) in [5.74, 6) is 0. The first-order chi connectivity index (χ1) is 29.0. The zero-order valence-corrected chi connectivity index (χ0v) is 26.6. The average molecular weight is 647 g/mol. The van der Waals surface area contributed by atoms with Crippen molar-refractivity contribution in [2.45, 2.75) is 0 Å². The Balaban J connectivity index is 1.31. The molecule has 10 rings (SSSR count).